The first-order valence-electron chi connectivity index (χ1n) is 10.3. The molecule has 1 aromatic carbocycles. The molecular weight excluding hydrogens is 415 g/mol. The van der Waals surface area contributed by atoms with Gasteiger partial charge in [0, 0.05) is 34.9 Å². The molecule has 0 spiro atoms. The fourth-order valence-corrected chi connectivity index (χ4v) is 4.57. The molecule has 162 valence electrons. The third-order valence-electron chi connectivity index (χ3n) is 5.50. The molecule has 0 bridgehead atoms. The van der Waals surface area contributed by atoms with Gasteiger partial charge in [0.05, 0.1) is 5.56 Å². The molecule has 0 radical (unpaired) electrons. The first kappa shape index (κ1) is 21.2. The van der Waals surface area contributed by atoms with Crippen LogP contribution in [0.3, 0.4) is 0 Å². The van der Waals surface area contributed by atoms with Gasteiger partial charge in [-0.15, -0.1) is 11.3 Å². The van der Waals surface area contributed by atoms with E-state index in [0.29, 0.717) is 5.69 Å². The fraction of sp³-hybridized carbons (Fsp3) is 0.318. The number of pyridine rings is 1. The molecule has 5 N–H and O–H groups in total. The first-order valence-corrected chi connectivity index (χ1v) is 11.1. The number of hydrogen-bond donors (Lipinski definition) is 4. The van der Waals surface area contributed by atoms with Crippen molar-refractivity contribution >= 4 is 34.6 Å². The van der Waals surface area contributed by atoms with Crippen LogP contribution in [0.15, 0.2) is 41.9 Å². The molecule has 9 heteroatoms. The van der Waals surface area contributed by atoms with Crippen LogP contribution in [0, 0.1) is 5.82 Å². The molecule has 7 nitrogen and oxygen atoms in total. The van der Waals surface area contributed by atoms with E-state index in [1.165, 1.54) is 11.3 Å². The van der Waals surface area contributed by atoms with E-state index in [0.717, 1.165) is 42.3 Å². The van der Waals surface area contributed by atoms with E-state index in [1.807, 2.05) is 36.7 Å². The number of primary amides is 1. The summed E-state index contributed by atoms with van der Waals surface area (Å²) in [4.78, 5) is 20.7. The number of nitrogens with one attached hydrogen (secondary N) is 3. The van der Waals surface area contributed by atoms with Crippen LogP contribution in [0.25, 0.3) is 10.6 Å². The van der Waals surface area contributed by atoms with Crippen molar-refractivity contribution in [2.24, 2.45) is 5.73 Å². The molecule has 31 heavy (non-hydrogen) atoms. The van der Waals surface area contributed by atoms with Gasteiger partial charge in [-0.25, -0.2) is 14.4 Å². The average Bonchev–Trinajstić information content (AvgIpc) is 3.31. The predicted octanol–water partition coefficient (Wildman–Crippen LogP) is 4.13. The molecule has 1 aliphatic rings. The Morgan fingerprint density at radius 3 is 2.71 bits per heavy atom. The van der Waals surface area contributed by atoms with Gasteiger partial charge in [-0.2, -0.15) is 0 Å². The Hall–Kier alpha value is -3.04. The van der Waals surface area contributed by atoms with Crippen molar-refractivity contribution in [3.63, 3.8) is 0 Å². The molecule has 1 amide bonds. The van der Waals surface area contributed by atoms with Crippen LogP contribution in [0.4, 0.5) is 21.7 Å². The number of nitrogens with zero attached hydrogens (tertiary/aromatic N) is 2. The molecule has 2 heterocycles. The number of aromatic nitrogens is 2. The van der Waals surface area contributed by atoms with Gasteiger partial charge in [0.2, 0.25) is 0 Å². The van der Waals surface area contributed by atoms with E-state index in [9.17, 15) is 9.18 Å². The normalized spacial score (nSPS) is 18.5. The summed E-state index contributed by atoms with van der Waals surface area (Å²) in [6.45, 7) is 0. The average molecular weight is 441 g/mol. The number of amides is 1. The van der Waals surface area contributed by atoms with Crippen molar-refractivity contribution in [2.45, 2.75) is 37.8 Å². The maximum absolute atomic E-state index is 14.8. The topological polar surface area (TPSA) is 105 Å². The fourth-order valence-electron chi connectivity index (χ4n) is 3.93. The zero-order chi connectivity index (χ0) is 21.8. The Bertz CT molecular complexity index is 1060. The number of hydrogen-bond acceptors (Lipinski definition) is 7. The predicted molar refractivity (Wildman–Crippen MR) is 122 cm³/mol. The van der Waals surface area contributed by atoms with Gasteiger partial charge in [-0.3, -0.25) is 4.79 Å². The molecule has 1 aliphatic carbocycles. The van der Waals surface area contributed by atoms with Crippen molar-refractivity contribution in [3.05, 3.63) is 53.3 Å². The molecule has 3 aromatic rings. The minimum atomic E-state index is -0.748. The van der Waals surface area contributed by atoms with Crippen LogP contribution in [0.1, 0.15) is 36.0 Å². The second-order valence-corrected chi connectivity index (χ2v) is 8.45. The van der Waals surface area contributed by atoms with Crippen molar-refractivity contribution < 1.29 is 9.18 Å². The number of benzene rings is 1. The largest absolute Gasteiger partial charge is 0.365 e. The highest BCUT2D eigenvalue weighted by Gasteiger charge is 2.26. The Kier molecular flexibility index (Phi) is 6.43. The van der Waals surface area contributed by atoms with Gasteiger partial charge >= 0.3 is 0 Å². The van der Waals surface area contributed by atoms with Crippen molar-refractivity contribution in [1.82, 2.24) is 15.3 Å². The van der Waals surface area contributed by atoms with Crippen LogP contribution in [-0.2, 0) is 0 Å². The van der Waals surface area contributed by atoms with Gasteiger partial charge in [-0.1, -0.05) is 25.0 Å². The number of carbonyl (C=O) groups excluding carboxylic acids is 1. The molecule has 2 atom stereocenters. The zero-order valence-electron chi connectivity index (χ0n) is 17.2. The quantitative estimate of drug-likeness (QED) is 0.440. The second kappa shape index (κ2) is 9.40. The summed E-state index contributed by atoms with van der Waals surface area (Å²) in [5.41, 5.74) is 7.13. The van der Waals surface area contributed by atoms with E-state index in [2.05, 4.69) is 25.9 Å². The number of rotatable bonds is 7. The van der Waals surface area contributed by atoms with Gasteiger partial charge < -0.3 is 21.7 Å². The number of anilines is 3. The highest BCUT2D eigenvalue weighted by Crippen LogP contribution is 2.29. The van der Waals surface area contributed by atoms with E-state index < -0.39 is 11.7 Å². The Morgan fingerprint density at radius 2 is 2.00 bits per heavy atom. The van der Waals surface area contributed by atoms with Gasteiger partial charge in [0.1, 0.15) is 10.8 Å². The number of nitrogens with two attached hydrogens (primary N) is 1. The first-order chi connectivity index (χ1) is 15.0. The standard InChI is InChI=1S/C22H25FN6OS/c1-25-17-7-2-3-8-18(17)28-21-16(23)12-15(19(24)30)20(29-21)27-14-6-4-5-13(11-14)22-26-9-10-31-22/h4-6,9-12,17-18,25H,2-3,7-8H2,1H3,(H2,24,30)(H2,27,28,29). The number of likely N-dealkylation sites (N-methyl/N-ethyl adjacent to an activating group) is 1. The highest BCUT2D eigenvalue weighted by molar-refractivity contribution is 7.13. The molecule has 1 saturated carbocycles. The Balaban J connectivity index is 1.64. The lowest BCUT2D eigenvalue weighted by Crippen LogP contribution is -2.45. The minimum Gasteiger partial charge on any atom is -0.365 e. The smallest absolute Gasteiger partial charge is 0.252 e. The van der Waals surface area contributed by atoms with Crippen molar-refractivity contribution in [1.29, 1.82) is 0 Å². The third-order valence-corrected chi connectivity index (χ3v) is 6.33. The van der Waals surface area contributed by atoms with Gasteiger partial charge in [-0.05, 0) is 38.1 Å². The molecule has 2 aromatic heterocycles. The van der Waals surface area contributed by atoms with Crippen LogP contribution in [-0.4, -0.2) is 35.0 Å². The Labute approximate surface area is 184 Å². The number of halogens is 1. The van der Waals surface area contributed by atoms with Crippen LogP contribution in [0.2, 0.25) is 0 Å². The zero-order valence-corrected chi connectivity index (χ0v) is 18.0. The van der Waals surface area contributed by atoms with E-state index in [1.54, 1.807) is 6.20 Å². The minimum absolute atomic E-state index is 0.00323. The van der Waals surface area contributed by atoms with Crippen molar-refractivity contribution in [3.8, 4) is 10.6 Å². The number of thiazole rings is 1. The van der Waals surface area contributed by atoms with Crippen LogP contribution >= 0.6 is 11.3 Å². The molecule has 4 rings (SSSR count). The Morgan fingerprint density at radius 1 is 1.19 bits per heavy atom. The van der Waals surface area contributed by atoms with E-state index in [4.69, 9.17) is 5.73 Å². The van der Waals surface area contributed by atoms with Crippen molar-refractivity contribution in [2.75, 3.05) is 17.7 Å². The summed E-state index contributed by atoms with van der Waals surface area (Å²) < 4.78 is 14.8. The molecule has 0 aliphatic heterocycles. The summed E-state index contributed by atoms with van der Waals surface area (Å²) in [5, 5.41) is 12.4. The molecule has 0 saturated heterocycles. The van der Waals surface area contributed by atoms with E-state index in [-0.39, 0.29) is 29.3 Å². The summed E-state index contributed by atoms with van der Waals surface area (Å²) >= 11 is 1.53. The summed E-state index contributed by atoms with van der Waals surface area (Å²) in [6, 6.07) is 9.01. The second-order valence-electron chi connectivity index (χ2n) is 7.55. The summed E-state index contributed by atoms with van der Waals surface area (Å²) in [7, 11) is 1.91. The lowest BCUT2D eigenvalue weighted by atomic mass is 9.90. The van der Waals surface area contributed by atoms with E-state index >= 15 is 0 Å². The number of carbonyl (C=O) groups is 1. The van der Waals surface area contributed by atoms with Gasteiger partial charge in [0.25, 0.3) is 5.91 Å². The molecule has 2 unspecified atom stereocenters. The summed E-state index contributed by atoms with van der Waals surface area (Å²) in [5.74, 6) is -1.03. The lowest BCUT2D eigenvalue weighted by molar-refractivity contribution is 0.100. The third kappa shape index (κ3) is 4.83. The van der Waals surface area contributed by atoms with Gasteiger partial charge in [0.15, 0.2) is 11.6 Å². The molecule has 1 fully saturated rings. The van der Waals surface area contributed by atoms with Crippen LogP contribution < -0.4 is 21.7 Å². The SMILES string of the molecule is CNC1CCCCC1Nc1nc(Nc2cccc(-c3nccs3)c2)c(C(N)=O)cc1F. The maximum atomic E-state index is 14.8. The lowest BCUT2D eigenvalue weighted by Gasteiger charge is -2.32. The van der Waals surface area contributed by atoms with Crippen LogP contribution in [0.5, 0.6) is 0 Å². The monoisotopic (exact) mass is 440 g/mol. The molecular formula is C22H25FN6OS. The maximum Gasteiger partial charge on any atom is 0.252 e. The highest BCUT2D eigenvalue weighted by atomic mass is 32.1. The summed E-state index contributed by atoms with van der Waals surface area (Å²) in [6.07, 6.45) is 5.90.